The zero-order valence-corrected chi connectivity index (χ0v) is 8.67. The molecule has 0 aromatic carbocycles. The van der Waals surface area contributed by atoms with Gasteiger partial charge in [0.15, 0.2) is 0 Å². The van der Waals surface area contributed by atoms with Crippen LogP contribution < -0.4 is 5.32 Å². The number of carbonyl (C=O) groups is 1. The Morgan fingerprint density at radius 3 is 3.00 bits per heavy atom. The maximum atomic E-state index is 11.3. The second kappa shape index (κ2) is 4.52. The van der Waals surface area contributed by atoms with E-state index in [4.69, 9.17) is 0 Å². The molecular weight excluding hydrogens is 190 g/mol. The molecule has 66 valence electrons. The standard InChI is InChI=1S/C8H11NOS2/c1-6(11-2)8(10)9-7-3-4-12-5-7/h3-6H,1-2H3,(H,9,10). The van der Waals surface area contributed by atoms with Gasteiger partial charge in [-0.2, -0.15) is 23.1 Å². The minimum atomic E-state index is 0.0184. The SMILES string of the molecule is CSC(C)C(=O)Nc1ccsc1. The lowest BCUT2D eigenvalue weighted by atomic mass is 10.4. The van der Waals surface area contributed by atoms with Crippen molar-refractivity contribution in [1.82, 2.24) is 0 Å². The number of rotatable bonds is 3. The number of carbonyl (C=O) groups excluding carboxylic acids is 1. The van der Waals surface area contributed by atoms with Gasteiger partial charge in [-0.1, -0.05) is 0 Å². The highest BCUT2D eigenvalue weighted by molar-refractivity contribution is 7.99. The summed E-state index contributed by atoms with van der Waals surface area (Å²) in [5, 5.41) is 6.71. The Kier molecular flexibility index (Phi) is 3.62. The molecule has 1 aromatic heterocycles. The van der Waals surface area contributed by atoms with Crippen molar-refractivity contribution in [3.05, 3.63) is 16.8 Å². The maximum absolute atomic E-state index is 11.3. The topological polar surface area (TPSA) is 29.1 Å². The van der Waals surface area contributed by atoms with Crippen molar-refractivity contribution in [2.24, 2.45) is 0 Å². The van der Waals surface area contributed by atoms with E-state index < -0.39 is 0 Å². The molecule has 0 aliphatic heterocycles. The van der Waals surface area contributed by atoms with Gasteiger partial charge in [-0.15, -0.1) is 0 Å². The summed E-state index contributed by atoms with van der Waals surface area (Å²) in [6.45, 7) is 1.90. The summed E-state index contributed by atoms with van der Waals surface area (Å²) in [7, 11) is 0. The van der Waals surface area contributed by atoms with E-state index in [2.05, 4.69) is 5.32 Å². The molecular formula is C8H11NOS2. The third kappa shape index (κ3) is 2.53. The Morgan fingerprint density at radius 2 is 2.50 bits per heavy atom. The normalized spacial score (nSPS) is 12.5. The van der Waals surface area contributed by atoms with Crippen LogP contribution in [0, 0.1) is 0 Å². The van der Waals surface area contributed by atoms with E-state index >= 15 is 0 Å². The summed E-state index contributed by atoms with van der Waals surface area (Å²) in [4.78, 5) is 11.3. The summed E-state index contributed by atoms with van der Waals surface area (Å²) in [6, 6.07) is 1.90. The van der Waals surface area contributed by atoms with Crippen LogP contribution in [0.1, 0.15) is 6.92 Å². The molecule has 1 heterocycles. The molecule has 0 bridgehead atoms. The van der Waals surface area contributed by atoms with Crippen molar-refractivity contribution in [2.75, 3.05) is 11.6 Å². The van der Waals surface area contributed by atoms with Crippen LogP contribution in [0.3, 0.4) is 0 Å². The van der Waals surface area contributed by atoms with Crippen molar-refractivity contribution in [3.63, 3.8) is 0 Å². The van der Waals surface area contributed by atoms with E-state index in [-0.39, 0.29) is 11.2 Å². The van der Waals surface area contributed by atoms with Crippen LogP contribution in [-0.4, -0.2) is 17.4 Å². The number of hydrogen-bond acceptors (Lipinski definition) is 3. The predicted octanol–water partition coefficient (Wildman–Crippen LogP) is 2.44. The van der Waals surface area contributed by atoms with Gasteiger partial charge in [0.05, 0.1) is 10.9 Å². The van der Waals surface area contributed by atoms with Crippen LogP contribution in [0.2, 0.25) is 0 Å². The maximum Gasteiger partial charge on any atom is 0.237 e. The van der Waals surface area contributed by atoms with E-state index in [0.717, 1.165) is 5.69 Å². The molecule has 0 fully saturated rings. The highest BCUT2D eigenvalue weighted by atomic mass is 32.2. The Balaban J connectivity index is 2.47. The monoisotopic (exact) mass is 201 g/mol. The van der Waals surface area contributed by atoms with Crippen LogP contribution in [0.15, 0.2) is 16.8 Å². The molecule has 4 heteroatoms. The number of thioether (sulfide) groups is 1. The van der Waals surface area contributed by atoms with Crippen molar-refractivity contribution in [3.8, 4) is 0 Å². The summed E-state index contributed by atoms with van der Waals surface area (Å²) < 4.78 is 0. The van der Waals surface area contributed by atoms with E-state index in [0.29, 0.717) is 0 Å². The van der Waals surface area contributed by atoms with Crippen LogP contribution in [0.5, 0.6) is 0 Å². The number of hydrogen-bond donors (Lipinski definition) is 1. The van der Waals surface area contributed by atoms with Gasteiger partial charge in [-0.05, 0) is 24.6 Å². The zero-order chi connectivity index (χ0) is 8.97. The van der Waals surface area contributed by atoms with Crippen LogP contribution in [0.25, 0.3) is 0 Å². The highest BCUT2D eigenvalue weighted by Crippen LogP contribution is 2.14. The minimum Gasteiger partial charge on any atom is -0.324 e. The van der Waals surface area contributed by atoms with Gasteiger partial charge in [0.25, 0.3) is 0 Å². The number of anilines is 1. The molecule has 2 nitrogen and oxygen atoms in total. The molecule has 0 saturated carbocycles. The molecule has 12 heavy (non-hydrogen) atoms. The zero-order valence-electron chi connectivity index (χ0n) is 7.03. The van der Waals surface area contributed by atoms with Gasteiger partial charge < -0.3 is 5.32 Å². The smallest absolute Gasteiger partial charge is 0.237 e. The van der Waals surface area contributed by atoms with Crippen molar-refractivity contribution in [2.45, 2.75) is 12.2 Å². The Labute approximate surface area is 80.4 Å². The second-order valence-electron chi connectivity index (χ2n) is 2.38. The number of amides is 1. The first-order valence-electron chi connectivity index (χ1n) is 3.60. The van der Waals surface area contributed by atoms with Gasteiger partial charge in [0.2, 0.25) is 5.91 Å². The van der Waals surface area contributed by atoms with Crippen LogP contribution in [0.4, 0.5) is 5.69 Å². The quantitative estimate of drug-likeness (QED) is 0.814. The first kappa shape index (κ1) is 9.61. The fourth-order valence-corrected chi connectivity index (χ4v) is 1.55. The molecule has 0 aliphatic rings. The second-order valence-corrected chi connectivity index (χ2v) is 4.34. The lowest BCUT2D eigenvalue weighted by Crippen LogP contribution is -2.21. The average Bonchev–Trinajstić information content (AvgIpc) is 2.55. The van der Waals surface area contributed by atoms with Gasteiger partial charge in [0, 0.05) is 5.38 Å². The molecule has 1 rings (SSSR count). The third-order valence-corrected chi connectivity index (χ3v) is 3.12. The Morgan fingerprint density at radius 1 is 1.75 bits per heavy atom. The fourth-order valence-electron chi connectivity index (χ4n) is 0.687. The third-order valence-electron chi connectivity index (χ3n) is 1.51. The highest BCUT2D eigenvalue weighted by Gasteiger charge is 2.10. The van der Waals surface area contributed by atoms with Crippen molar-refractivity contribution >= 4 is 34.7 Å². The molecule has 0 radical (unpaired) electrons. The molecule has 1 amide bonds. The Hall–Kier alpha value is -0.480. The van der Waals surface area contributed by atoms with Crippen LogP contribution >= 0.6 is 23.1 Å². The molecule has 1 unspecified atom stereocenters. The van der Waals surface area contributed by atoms with E-state index in [1.165, 1.54) is 0 Å². The molecule has 0 spiro atoms. The van der Waals surface area contributed by atoms with Crippen molar-refractivity contribution < 1.29 is 4.79 Å². The van der Waals surface area contributed by atoms with Gasteiger partial charge in [-0.25, -0.2) is 0 Å². The molecule has 1 aromatic rings. The number of nitrogens with one attached hydrogen (secondary N) is 1. The number of thiophene rings is 1. The minimum absolute atomic E-state index is 0.0184. The van der Waals surface area contributed by atoms with E-state index in [9.17, 15) is 4.79 Å². The Bertz CT molecular complexity index is 246. The first-order valence-corrected chi connectivity index (χ1v) is 5.83. The lowest BCUT2D eigenvalue weighted by Gasteiger charge is -2.07. The predicted molar refractivity (Wildman–Crippen MR) is 55.9 cm³/mol. The largest absolute Gasteiger partial charge is 0.324 e. The van der Waals surface area contributed by atoms with E-state index in [1.807, 2.05) is 30.0 Å². The first-order chi connectivity index (χ1) is 5.74. The lowest BCUT2D eigenvalue weighted by molar-refractivity contribution is -0.115. The molecule has 1 N–H and O–H groups in total. The fraction of sp³-hybridized carbons (Fsp3) is 0.375. The molecule has 0 saturated heterocycles. The summed E-state index contributed by atoms with van der Waals surface area (Å²) in [6.07, 6.45) is 1.93. The van der Waals surface area contributed by atoms with Gasteiger partial charge in [-0.3, -0.25) is 4.79 Å². The molecule has 1 atom stereocenters. The van der Waals surface area contributed by atoms with E-state index in [1.54, 1.807) is 23.1 Å². The molecule has 0 aliphatic carbocycles. The summed E-state index contributed by atoms with van der Waals surface area (Å²) >= 11 is 3.13. The van der Waals surface area contributed by atoms with Gasteiger partial charge >= 0.3 is 0 Å². The van der Waals surface area contributed by atoms with Crippen molar-refractivity contribution in [1.29, 1.82) is 0 Å². The van der Waals surface area contributed by atoms with Crippen LogP contribution in [-0.2, 0) is 4.79 Å². The summed E-state index contributed by atoms with van der Waals surface area (Å²) in [5.74, 6) is 0.0703. The van der Waals surface area contributed by atoms with Gasteiger partial charge in [0.1, 0.15) is 0 Å². The summed E-state index contributed by atoms with van der Waals surface area (Å²) in [5.41, 5.74) is 0.894. The average molecular weight is 201 g/mol.